The molecule has 0 spiro atoms. The highest BCUT2D eigenvalue weighted by molar-refractivity contribution is 8.14. The minimum Gasteiger partial charge on any atom is -0.325 e. The van der Waals surface area contributed by atoms with Crippen LogP contribution in [-0.2, 0) is 21.9 Å². The first kappa shape index (κ1) is 26.6. The van der Waals surface area contributed by atoms with E-state index in [4.69, 9.17) is 0 Å². The van der Waals surface area contributed by atoms with Crippen molar-refractivity contribution in [3.8, 4) is 0 Å². The van der Waals surface area contributed by atoms with E-state index in [1.54, 1.807) is 6.08 Å². The number of thioether (sulfide) groups is 1. The Morgan fingerprint density at radius 1 is 1.03 bits per heavy atom. The summed E-state index contributed by atoms with van der Waals surface area (Å²) < 4.78 is 80.2. The van der Waals surface area contributed by atoms with Gasteiger partial charge in [0.1, 0.15) is 0 Å². The summed E-state index contributed by atoms with van der Waals surface area (Å²) in [5.74, 6) is -0.360. The highest BCUT2D eigenvalue weighted by Crippen LogP contribution is 2.66. The number of hydrogen-bond donors (Lipinski definition) is 1. The van der Waals surface area contributed by atoms with Crippen molar-refractivity contribution in [2.45, 2.75) is 70.0 Å². The van der Waals surface area contributed by atoms with Gasteiger partial charge in [-0.3, -0.25) is 9.59 Å². The quantitative estimate of drug-likeness (QED) is 0.387. The molecule has 1 heterocycles. The van der Waals surface area contributed by atoms with Gasteiger partial charge in [-0.25, -0.2) is 0 Å². The number of halogens is 6. The first-order chi connectivity index (χ1) is 17.1. The number of anilines is 1. The van der Waals surface area contributed by atoms with Gasteiger partial charge in [0, 0.05) is 16.6 Å². The fourth-order valence-electron chi connectivity index (χ4n) is 7.77. The Labute approximate surface area is 215 Å². The van der Waals surface area contributed by atoms with Gasteiger partial charge < -0.3 is 5.32 Å². The van der Waals surface area contributed by atoms with E-state index in [2.05, 4.69) is 25.2 Å². The first-order valence-corrected chi connectivity index (χ1v) is 13.5. The Kier molecular flexibility index (Phi) is 6.32. The molecule has 5 rings (SSSR count). The molecule has 1 aliphatic heterocycles. The van der Waals surface area contributed by atoms with Gasteiger partial charge in [0.05, 0.1) is 16.8 Å². The molecule has 202 valence electrons. The molecule has 0 bridgehead atoms. The van der Waals surface area contributed by atoms with E-state index in [-0.39, 0.29) is 27.1 Å². The molecule has 7 atom stereocenters. The van der Waals surface area contributed by atoms with Crippen LogP contribution in [0.3, 0.4) is 0 Å². The maximum Gasteiger partial charge on any atom is 0.418 e. The second-order valence-electron chi connectivity index (χ2n) is 11.7. The minimum absolute atomic E-state index is 0.0759. The third-order valence-corrected chi connectivity index (χ3v) is 11.0. The van der Waals surface area contributed by atoms with E-state index < -0.39 is 41.0 Å². The van der Waals surface area contributed by atoms with Gasteiger partial charge in [-0.2, -0.15) is 26.3 Å². The molecule has 37 heavy (non-hydrogen) atoms. The average molecular weight is 546 g/mol. The lowest BCUT2D eigenvalue weighted by Crippen LogP contribution is -2.52. The Bertz CT molecular complexity index is 1150. The zero-order valence-corrected chi connectivity index (χ0v) is 21.3. The lowest BCUT2D eigenvalue weighted by atomic mass is 9.50. The van der Waals surface area contributed by atoms with E-state index in [0.29, 0.717) is 42.9 Å². The van der Waals surface area contributed by atoms with Crippen LogP contribution in [0.1, 0.15) is 63.5 Å². The van der Waals surface area contributed by atoms with E-state index in [1.807, 2.05) is 0 Å². The zero-order chi connectivity index (χ0) is 27.0. The van der Waals surface area contributed by atoms with Gasteiger partial charge >= 0.3 is 12.4 Å². The molecule has 1 aromatic carbocycles. The number of alkyl halides is 6. The summed E-state index contributed by atoms with van der Waals surface area (Å²) in [7, 11) is 0. The number of allylic oxidation sites excluding steroid dienone is 1. The molecule has 0 aromatic heterocycles. The lowest BCUT2D eigenvalue weighted by Gasteiger charge is -2.57. The van der Waals surface area contributed by atoms with Gasteiger partial charge in [0.2, 0.25) is 11.0 Å². The number of amides is 1. The topological polar surface area (TPSA) is 46.2 Å². The van der Waals surface area contributed by atoms with Gasteiger partial charge in [-0.1, -0.05) is 31.7 Å². The normalized spacial score (nSPS) is 37.5. The number of nitrogens with one attached hydrogen (secondary N) is 1. The summed E-state index contributed by atoms with van der Waals surface area (Å²) in [6, 6.07) is 1.13. The molecule has 1 N–H and O–H groups in total. The number of carbonyl (C=O) groups excluding carboxylic acids is 2. The first-order valence-electron chi connectivity index (χ1n) is 12.6. The number of carbonyl (C=O) groups is 2. The van der Waals surface area contributed by atoms with Crippen molar-refractivity contribution in [2.75, 3.05) is 5.32 Å². The number of hydrogen-bond acceptors (Lipinski definition) is 3. The number of benzene rings is 1. The third kappa shape index (κ3) is 4.61. The molecule has 0 radical (unpaired) electrons. The van der Waals surface area contributed by atoms with Gasteiger partial charge in [0.15, 0.2) is 0 Å². The van der Waals surface area contributed by atoms with Crippen molar-refractivity contribution in [3.05, 3.63) is 41.5 Å². The fourth-order valence-corrected chi connectivity index (χ4v) is 8.95. The number of fused-ring (bicyclic) bond motifs is 5. The van der Waals surface area contributed by atoms with Crippen molar-refractivity contribution in [1.29, 1.82) is 0 Å². The lowest BCUT2D eigenvalue weighted by molar-refractivity contribution is -0.141. The Hall–Kier alpha value is -1.97. The maximum absolute atomic E-state index is 13.5. The molecular weight excluding hydrogens is 516 g/mol. The van der Waals surface area contributed by atoms with E-state index in [1.165, 1.54) is 11.8 Å². The van der Waals surface area contributed by atoms with Crippen molar-refractivity contribution in [2.24, 2.45) is 34.5 Å². The molecule has 1 unspecified atom stereocenters. The average Bonchev–Trinajstić information content (AvgIpc) is 3.16. The van der Waals surface area contributed by atoms with Crippen molar-refractivity contribution < 1.29 is 35.9 Å². The SMILES string of the molecule is C[C@]12CC[C@H]3[C@@H](CCC4SC(=O)C=C[C@@]43C)[C@@H]1C[C@H](C(=O)Nc1cc(C(F)(F)F)ccc1C(F)(F)F)C2. The number of rotatable bonds is 2. The largest absolute Gasteiger partial charge is 0.418 e. The highest BCUT2D eigenvalue weighted by Gasteiger charge is 2.59. The van der Waals surface area contributed by atoms with Crippen LogP contribution in [0, 0.1) is 34.5 Å². The minimum atomic E-state index is -4.91. The van der Waals surface area contributed by atoms with Crippen molar-refractivity contribution >= 4 is 28.5 Å². The molecule has 3 aliphatic carbocycles. The second-order valence-corrected chi connectivity index (χ2v) is 12.9. The van der Waals surface area contributed by atoms with Crippen LogP contribution in [-0.4, -0.2) is 16.3 Å². The molecule has 10 heteroatoms. The third-order valence-electron chi connectivity index (χ3n) is 9.58. The van der Waals surface area contributed by atoms with E-state index in [0.717, 1.165) is 25.7 Å². The standard InChI is InChI=1S/C27H29F6NO2S/c1-24-9-7-17-16(4-6-21-25(17,2)10-8-22(35)37-21)19(24)11-14(13-24)23(36)34-20-12-15(26(28,29)30)3-5-18(20)27(31,32)33/h3,5,8,10,12,14,16-17,19,21H,4,6-7,9,11,13H2,1-2H3,(H,34,36)/t14-,16+,17-,19-,21?,24+,25+/m0/s1. The van der Waals surface area contributed by atoms with Crippen LogP contribution in [0.15, 0.2) is 30.4 Å². The molecule has 1 aromatic rings. The van der Waals surface area contributed by atoms with E-state index >= 15 is 0 Å². The van der Waals surface area contributed by atoms with Crippen molar-refractivity contribution in [1.82, 2.24) is 0 Å². The molecule has 4 aliphatic rings. The highest BCUT2D eigenvalue weighted by atomic mass is 32.2. The second kappa shape index (κ2) is 8.78. The summed E-state index contributed by atoms with van der Waals surface area (Å²) in [5.41, 5.74) is -3.67. The van der Waals surface area contributed by atoms with Crippen LogP contribution >= 0.6 is 11.8 Å². The van der Waals surface area contributed by atoms with Gasteiger partial charge in [-0.15, -0.1) is 0 Å². The monoisotopic (exact) mass is 545 g/mol. The van der Waals surface area contributed by atoms with Crippen LogP contribution in [0.5, 0.6) is 0 Å². The summed E-state index contributed by atoms with van der Waals surface area (Å²) in [5, 5.41) is 2.51. The van der Waals surface area contributed by atoms with Crippen LogP contribution < -0.4 is 5.32 Å². The summed E-state index contributed by atoms with van der Waals surface area (Å²) in [6.45, 7) is 4.34. The summed E-state index contributed by atoms with van der Waals surface area (Å²) in [6.07, 6.45) is -1.39. The molecule has 3 saturated carbocycles. The molecule has 3 nitrogen and oxygen atoms in total. The maximum atomic E-state index is 13.5. The van der Waals surface area contributed by atoms with Crippen LogP contribution in [0.4, 0.5) is 32.0 Å². The summed E-state index contributed by atoms with van der Waals surface area (Å²) in [4.78, 5) is 25.2. The Morgan fingerprint density at radius 3 is 2.43 bits per heavy atom. The molecule has 3 fully saturated rings. The molecule has 0 saturated heterocycles. The van der Waals surface area contributed by atoms with Gasteiger partial charge in [0.25, 0.3) is 0 Å². The predicted octanol–water partition coefficient (Wildman–Crippen LogP) is 7.72. The predicted molar refractivity (Wildman–Crippen MR) is 128 cm³/mol. The van der Waals surface area contributed by atoms with Crippen LogP contribution in [0.2, 0.25) is 0 Å². The van der Waals surface area contributed by atoms with Crippen LogP contribution in [0.25, 0.3) is 0 Å². The van der Waals surface area contributed by atoms with Gasteiger partial charge in [-0.05, 0) is 86.0 Å². The smallest absolute Gasteiger partial charge is 0.325 e. The Morgan fingerprint density at radius 2 is 1.76 bits per heavy atom. The zero-order valence-electron chi connectivity index (χ0n) is 20.5. The fraction of sp³-hybridized carbons (Fsp3) is 0.630. The molecule has 1 amide bonds. The summed E-state index contributed by atoms with van der Waals surface area (Å²) >= 11 is 1.40. The Balaban J connectivity index is 1.38. The molecular formula is C27H29F6NO2S. The van der Waals surface area contributed by atoms with Crippen molar-refractivity contribution in [3.63, 3.8) is 0 Å². The van der Waals surface area contributed by atoms with E-state index in [9.17, 15) is 35.9 Å².